The third-order valence-electron chi connectivity index (χ3n) is 2.74. The number of nitrogens with two attached hydrogens (primary N) is 1. The van der Waals surface area contributed by atoms with Crippen molar-refractivity contribution in [2.45, 2.75) is 19.8 Å². The molecule has 0 amide bonds. The fourth-order valence-corrected chi connectivity index (χ4v) is 2.17. The third-order valence-corrected chi connectivity index (χ3v) is 3.60. The molecule has 3 N–H and O–H groups in total. The Kier molecular flexibility index (Phi) is 3.60. The molecule has 5 heteroatoms. The average Bonchev–Trinajstić information content (AvgIpc) is 2.66. The summed E-state index contributed by atoms with van der Waals surface area (Å²) in [7, 11) is 0. The number of anilines is 1. The quantitative estimate of drug-likeness (QED) is 0.897. The lowest BCUT2D eigenvalue weighted by Gasteiger charge is -2.06. The van der Waals surface area contributed by atoms with Crippen LogP contribution in [0.15, 0.2) is 18.2 Å². The van der Waals surface area contributed by atoms with Crippen LogP contribution >= 0.6 is 23.2 Å². The molecule has 0 atom stereocenters. The van der Waals surface area contributed by atoms with E-state index in [0.29, 0.717) is 22.3 Å². The number of hydrogen-bond acceptors (Lipinski definition) is 2. The second-order valence-electron chi connectivity index (χ2n) is 3.81. The molecular formula is C12H13Cl2N3. The van der Waals surface area contributed by atoms with Gasteiger partial charge in [-0.05, 0) is 18.1 Å². The summed E-state index contributed by atoms with van der Waals surface area (Å²) in [6, 6.07) is 5.60. The van der Waals surface area contributed by atoms with Gasteiger partial charge in [-0.2, -0.15) is 5.10 Å². The second kappa shape index (κ2) is 4.98. The van der Waals surface area contributed by atoms with Crippen LogP contribution in [0.4, 0.5) is 5.82 Å². The Morgan fingerprint density at radius 3 is 2.82 bits per heavy atom. The zero-order valence-electron chi connectivity index (χ0n) is 9.43. The molecule has 90 valence electrons. The van der Waals surface area contributed by atoms with E-state index in [2.05, 4.69) is 17.1 Å². The number of rotatable bonds is 3. The summed E-state index contributed by atoms with van der Waals surface area (Å²) in [5.74, 6) is 0.526. The first-order valence-electron chi connectivity index (χ1n) is 5.38. The van der Waals surface area contributed by atoms with E-state index in [-0.39, 0.29) is 0 Å². The summed E-state index contributed by atoms with van der Waals surface area (Å²) in [6.45, 7) is 2.05. The van der Waals surface area contributed by atoms with Gasteiger partial charge in [0, 0.05) is 17.7 Å². The van der Waals surface area contributed by atoms with Crippen molar-refractivity contribution >= 4 is 29.0 Å². The largest absolute Gasteiger partial charge is 0.382 e. The predicted molar refractivity (Wildman–Crippen MR) is 71.6 cm³/mol. The highest BCUT2D eigenvalue weighted by molar-refractivity contribution is 6.42. The van der Waals surface area contributed by atoms with Gasteiger partial charge >= 0.3 is 0 Å². The highest BCUT2D eigenvalue weighted by atomic mass is 35.5. The van der Waals surface area contributed by atoms with E-state index in [4.69, 9.17) is 28.9 Å². The van der Waals surface area contributed by atoms with E-state index in [1.165, 1.54) is 0 Å². The number of nitrogens with zero attached hydrogens (tertiary/aromatic N) is 1. The minimum atomic E-state index is 0.526. The normalized spacial score (nSPS) is 10.8. The monoisotopic (exact) mass is 269 g/mol. The molecule has 2 rings (SSSR count). The Hall–Kier alpha value is -1.19. The molecular weight excluding hydrogens is 257 g/mol. The first kappa shape index (κ1) is 12.3. The van der Waals surface area contributed by atoms with Gasteiger partial charge in [-0.3, -0.25) is 5.10 Å². The molecule has 0 bridgehead atoms. The molecule has 1 aromatic heterocycles. The van der Waals surface area contributed by atoms with Crippen LogP contribution in [0.5, 0.6) is 0 Å². The molecule has 0 saturated heterocycles. The summed E-state index contributed by atoms with van der Waals surface area (Å²) in [6.07, 6.45) is 1.50. The molecule has 1 aromatic carbocycles. The number of nitrogen functional groups attached to an aromatic ring is 1. The van der Waals surface area contributed by atoms with Gasteiger partial charge in [0.05, 0.1) is 10.0 Å². The van der Waals surface area contributed by atoms with Crippen LogP contribution in [0, 0.1) is 0 Å². The molecule has 0 unspecified atom stereocenters. The van der Waals surface area contributed by atoms with Gasteiger partial charge in [0.15, 0.2) is 0 Å². The van der Waals surface area contributed by atoms with Crippen molar-refractivity contribution in [1.82, 2.24) is 10.2 Å². The maximum Gasteiger partial charge on any atom is 0.149 e. The predicted octanol–water partition coefficient (Wildman–Crippen LogP) is 3.45. The van der Waals surface area contributed by atoms with Gasteiger partial charge < -0.3 is 5.73 Å². The number of benzene rings is 1. The number of aryl methyl sites for hydroxylation is 1. The van der Waals surface area contributed by atoms with Crippen molar-refractivity contribution in [2.24, 2.45) is 0 Å². The summed E-state index contributed by atoms with van der Waals surface area (Å²) >= 11 is 12.1. The van der Waals surface area contributed by atoms with Crippen molar-refractivity contribution in [3.63, 3.8) is 0 Å². The fourth-order valence-electron chi connectivity index (χ4n) is 1.78. The summed E-state index contributed by atoms with van der Waals surface area (Å²) in [4.78, 5) is 0. The maximum atomic E-state index is 6.15. The Morgan fingerprint density at radius 2 is 2.12 bits per heavy atom. The molecule has 0 aliphatic heterocycles. The first-order chi connectivity index (χ1) is 8.13. The van der Waals surface area contributed by atoms with Gasteiger partial charge in [0.1, 0.15) is 5.82 Å². The topological polar surface area (TPSA) is 54.7 Å². The first-order valence-corrected chi connectivity index (χ1v) is 6.13. The van der Waals surface area contributed by atoms with Crippen molar-refractivity contribution in [1.29, 1.82) is 0 Å². The highest BCUT2D eigenvalue weighted by Crippen LogP contribution is 2.29. The third kappa shape index (κ3) is 2.40. The molecule has 0 saturated carbocycles. The van der Waals surface area contributed by atoms with Gasteiger partial charge in [0.2, 0.25) is 0 Å². The highest BCUT2D eigenvalue weighted by Gasteiger charge is 2.12. The SMILES string of the molecule is CCc1[nH]nc(N)c1Cc1cccc(Cl)c1Cl. The van der Waals surface area contributed by atoms with Crippen LogP contribution in [0.1, 0.15) is 23.7 Å². The van der Waals surface area contributed by atoms with Gasteiger partial charge in [-0.1, -0.05) is 42.3 Å². The Balaban J connectivity index is 2.37. The molecule has 3 nitrogen and oxygen atoms in total. The van der Waals surface area contributed by atoms with Crippen molar-refractivity contribution in [2.75, 3.05) is 5.73 Å². The standard InChI is InChI=1S/C12H13Cl2N3/c1-2-10-8(12(15)17-16-10)6-7-4-3-5-9(13)11(7)14/h3-5H,2,6H2,1H3,(H3,15,16,17). The molecule has 0 aliphatic carbocycles. The van der Waals surface area contributed by atoms with E-state index >= 15 is 0 Å². The number of nitrogens with one attached hydrogen (secondary N) is 1. The van der Waals surface area contributed by atoms with Gasteiger partial charge in [0.25, 0.3) is 0 Å². The summed E-state index contributed by atoms with van der Waals surface area (Å²) < 4.78 is 0. The lowest BCUT2D eigenvalue weighted by molar-refractivity contribution is 0.962. The zero-order chi connectivity index (χ0) is 12.4. The average molecular weight is 270 g/mol. The van der Waals surface area contributed by atoms with Crippen molar-refractivity contribution < 1.29 is 0 Å². The minimum Gasteiger partial charge on any atom is -0.382 e. The van der Waals surface area contributed by atoms with Crippen LogP contribution in [0.2, 0.25) is 10.0 Å². The van der Waals surface area contributed by atoms with E-state index < -0.39 is 0 Å². The second-order valence-corrected chi connectivity index (χ2v) is 4.59. The summed E-state index contributed by atoms with van der Waals surface area (Å²) in [5.41, 5.74) is 8.83. The number of halogens is 2. The Morgan fingerprint density at radius 1 is 1.35 bits per heavy atom. The molecule has 1 heterocycles. The molecule has 17 heavy (non-hydrogen) atoms. The molecule has 0 aliphatic rings. The molecule has 0 spiro atoms. The van der Waals surface area contributed by atoms with Gasteiger partial charge in [-0.15, -0.1) is 0 Å². The molecule has 2 aromatic rings. The minimum absolute atomic E-state index is 0.526. The summed E-state index contributed by atoms with van der Waals surface area (Å²) in [5, 5.41) is 8.08. The van der Waals surface area contributed by atoms with Crippen molar-refractivity contribution in [3.05, 3.63) is 45.1 Å². The van der Waals surface area contributed by atoms with E-state index in [1.54, 1.807) is 6.07 Å². The van der Waals surface area contributed by atoms with Crippen molar-refractivity contribution in [3.8, 4) is 0 Å². The van der Waals surface area contributed by atoms with E-state index in [1.807, 2.05) is 12.1 Å². The van der Waals surface area contributed by atoms with Crippen LogP contribution in [0.25, 0.3) is 0 Å². The van der Waals surface area contributed by atoms with Crippen LogP contribution in [-0.4, -0.2) is 10.2 Å². The number of aromatic amines is 1. The molecule has 0 radical (unpaired) electrons. The van der Waals surface area contributed by atoms with Crippen LogP contribution < -0.4 is 5.73 Å². The number of hydrogen-bond donors (Lipinski definition) is 2. The van der Waals surface area contributed by atoms with E-state index in [0.717, 1.165) is 23.2 Å². The number of H-pyrrole nitrogens is 1. The Bertz CT molecular complexity index is 535. The van der Waals surface area contributed by atoms with E-state index in [9.17, 15) is 0 Å². The van der Waals surface area contributed by atoms with Crippen LogP contribution in [0.3, 0.4) is 0 Å². The maximum absolute atomic E-state index is 6.15. The smallest absolute Gasteiger partial charge is 0.149 e. The van der Waals surface area contributed by atoms with Crippen LogP contribution in [-0.2, 0) is 12.8 Å². The zero-order valence-corrected chi connectivity index (χ0v) is 10.9. The number of aromatic nitrogens is 2. The van der Waals surface area contributed by atoms with Gasteiger partial charge in [-0.25, -0.2) is 0 Å². The Labute approximate surface area is 110 Å². The molecule has 0 fully saturated rings. The lowest BCUT2D eigenvalue weighted by atomic mass is 10.0. The fraction of sp³-hybridized carbons (Fsp3) is 0.250. The lowest BCUT2D eigenvalue weighted by Crippen LogP contribution is -1.97.